The second kappa shape index (κ2) is 11.0. The number of amides is 1. The SMILES string of the molecule is COC(=O)CCCCCNC(=O)CCC(C)OC. The van der Waals surface area contributed by atoms with E-state index < -0.39 is 0 Å². The Morgan fingerprint density at radius 3 is 2.44 bits per heavy atom. The molecule has 0 aliphatic heterocycles. The molecule has 0 aromatic carbocycles. The van der Waals surface area contributed by atoms with E-state index in [1.165, 1.54) is 7.11 Å². The molecule has 0 rings (SSSR count). The minimum atomic E-state index is -0.174. The van der Waals surface area contributed by atoms with E-state index in [9.17, 15) is 9.59 Å². The molecule has 5 nitrogen and oxygen atoms in total. The summed E-state index contributed by atoms with van der Waals surface area (Å²) in [6.07, 6.45) is 4.43. The van der Waals surface area contributed by atoms with Crippen molar-refractivity contribution in [3.05, 3.63) is 0 Å². The van der Waals surface area contributed by atoms with Gasteiger partial charge in [-0.15, -0.1) is 0 Å². The molecule has 1 amide bonds. The van der Waals surface area contributed by atoms with Crippen LogP contribution in [0.4, 0.5) is 0 Å². The monoisotopic (exact) mass is 259 g/mol. The maximum atomic E-state index is 11.4. The third-order valence-corrected chi connectivity index (χ3v) is 2.79. The number of ether oxygens (including phenoxy) is 2. The number of carbonyl (C=O) groups is 2. The minimum Gasteiger partial charge on any atom is -0.469 e. The number of carbonyl (C=O) groups excluding carboxylic acids is 2. The highest BCUT2D eigenvalue weighted by atomic mass is 16.5. The summed E-state index contributed by atoms with van der Waals surface area (Å²) in [5.74, 6) is -0.112. The molecule has 5 heteroatoms. The lowest BCUT2D eigenvalue weighted by Gasteiger charge is -2.09. The number of esters is 1. The molecule has 1 atom stereocenters. The molecule has 1 unspecified atom stereocenters. The zero-order chi connectivity index (χ0) is 13.8. The van der Waals surface area contributed by atoms with Crippen LogP contribution in [0.15, 0.2) is 0 Å². The van der Waals surface area contributed by atoms with Gasteiger partial charge in [-0.25, -0.2) is 0 Å². The first kappa shape index (κ1) is 16.9. The van der Waals surface area contributed by atoms with Crippen LogP contribution < -0.4 is 5.32 Å². The number of hydrogen-bond donors (Lipinski definition) is 1. The highest BCUT2D eigenvalue weighted by molar-refractivity contribution is 5.75. The highest BCUT2D eigenvalue weighted by Gasteiger charge is 2.05. The summed E-state index contributed by atoms with van der Waals surface area (Å²) < 4.78 is 9.61. The van der Waals surface area contributed by atoms with Crippen molar-refractivity contribution in [2.45, 2.75) is 51.6 Å². The quantitative estimate of drug-likeness (QED) is 0.478. The maximum absolute atomic E-state index is 11.4. The minimum absolute atomic E-state index is 0.0619. The molecule has 0 aliphatic rings. The molecule has 0 heterocycles. The number of unbranched alkanes of at least 4 members (excludes halogenated alkanes) is 2. The van der Waals surface area contributed by atoms with Crippen LogP contribution in [0.1, 0.15) is 45.4 Å². The van der Waals surface area contributed by atoms with Crippen molar-refractivity contribution in [3.8, 4) is 0 Å². The first-order chi connectivity index (χ1) is 8.60. The molecule has 106 valence electrons. The summed E-state index contributed by atoms with van der Waals surface area (Å²) in [6, 6.07) is 0. The smallest absolute Gasteiger partial charge is 0.305 e. The van der Waals surface area contributed by atoms with E-state index in [4.69, 9.17) is 4.74 Å². The number of methoxy groups -OCH3 is 2. The van der Waals surface area contributed by atoms with Gasteiger partial charge in [0.2, 0.25) is 5.91 Å². The van der Waals surface area contributed by atoms with Crippen molar-refractivity contribution in [2.24, 2.45) is 0 Å². The molecule has 0 aliphatic carbocycles. The first-order valence-corrected chi connectivity index (χ1v) is 6.46. The van der Waals surface area contributed by atoms with Crippen LogP contribution in [-0.4, -0.2) is 38.7 Å². The molecule has 0 spiro atoms. The van der Waals surface area contributed by atoms with Gasteiger partial charge < -0.3 is 14.8 Å². The topological polar surface area (TPSA) is 64.6 Å². The predicted octanol–water partition coefficient (Wildman–Crippen LogP) is 1.65. The van der Waals surface area contributed by atoms with Crippen LogP contribution in [0.5, 0.6) is 0 Å². The van der Waals surface area contributed by atoms with E-state index >= 15 is 0 Å². The van der Waals surface area contributed by atoms with E-state index in [0.29, 0.717) is 19.4 Å². The van der Waals surface area contributed by atoms with Crippen molar-refractivity contribution in [1.82, 2.24) is 5.32 Å². The van der Waals surface area contributed by atoms with Gasteiger partial charge >= 0.3 is 5.97 Å². The Morgan fingerprint density at radius 2 is 1.83 bits per heavy atom. The summed E-state index contributed by atoms with van der Waals surface area (Å²) in [5.41, 5.74) is 0. The fourth-order valence-electron chi connectivity index (χ4n) is 1.44. The Kier molecular flexibility index (Phi) is 10.3. The fourth-order valence-corrected chi connectivity index (χ4v) is 1.44. The number of nitrogens with one attached hydrogen (secondary N) is 1. The average molecular weight is 259 g/mol. The zero-order valence-electron chi connectivity index (χ0n) is 11.7. The van der Waals surface area contributed by atoms with Crippen LogP contribution in [0, 0.1) is 0 Å². The largest absolute Gasteiger partial charge is 0.469 e. The van der Waals surface area contributed by atoms with Gasteiger partial charge in [-0.05, 0) is 26.2 Å². The lowest BCUT2D eigenvalue weighted by atomic mass is 10.2. The van der Waals surface area contributed by atoms with Gasteiger partial charge in [0.1, 0.15) is 0 Å². The third kappa shape index (κ3) is 10.1. The average Bonchev–Trinajstić information content (AvgIpc) is 2.39. The van der Waals surface area contributed by atoms with Crippen LogP contribution in [0.3, 0.4) is 0 Å². The fraction of sp³-hybridized carbons (Fsp3) is 0.846. The summed E-state index contributed by atoms with van der Waals surface area (Å²) in [4.78, 5) is 22.2. The van der Waals surface area contributed by atoms with E-state index in [1.807, 2.05) is 6.92 Å². The third-order valence-electron chi connectivity index (χ3n) is 2.79. The van der Waals surface area contributed by atoms with Crippen molar-refractivity contribution in [1.29, 1.82) is 0 Å². The van der Waals surface area contributed by atoms with Gasteiger partial charge in [-0.3, -0.25) is 9.59 Å². The van der Waals surface area contributed by atoms with E-state index in [1.54, 1.807) is 7.11 Å². The van der Waals surface area contributed by atoms with Crippen LogP contribution in [0.2, 0.25) is 0 Å². The van der Waals surface area contributed by atoms with E-state index in [-0.39, 0.29) is 18.0 Å². The van der Waals surface area contributed by atoms with E-state index in [2.05, 4.69) is 10.1 Å². The molecule has 0 bridgehead atoms. The molecule has 0 saturated carbocycles. The zero-order valence-corrected chi connectivity index (χ0v) is 11.7. The summed E-state index contributed by atoms with van der Waals surface area (Å²) in [6.45, 7) is 2.61. The van der Waals surface area contributed by atoms with E-state index in [0.717, 1.165) is 25.7 Å². The Labute approximate surface area is 109 Å². The summed E-state index contributed by atoms with van der Waals surface area (Å²) >= 11 is 0. The van der Waals surface area contributed by atoms with Crippen molar-refractivity contribution < 1.29 is 19.1 Å². The second-order valence-corrected chi connectivity index (χ2v) is 4.32. The van der Waals surface area contributed by atoms with Crippen molar-refractivity contribution in [3.63, 3.8) is 0 Å². The Bertz CT molecular complexity index is 243. The van der Waals surface area contributed by atoms with Gasteiger partial charge in [0, 0.05) is 26.5 Å². The molecular weight excluding hydrogens is 234 g/mol. The lowest BCUT2D eigenvalue weighted by molar-refractivity contribution is -0.140. The normalized spacial score (nSPS) is 11.9. The first-order valence-electron chi connectivity index (χ1n) is 6.46. The Hall–Kier alpha value is -1.10. The Morgan fingerprint density at radius 1 is 1.11 bits per heavy atom. The molecule has 1 N–H and O–H groups in total. The molecule has 18 heavy (non-hydrogen) atoms. The molecular formula is C13H25NO4. The molecule has 0 radical (unpaired) electrons. The number of rotatable bonds is 10. The van der Waals surface area contributed by atoms with Crippen molar-refractivity contribution >= 4 is 11.9 Å². The van der Waals surface area contributed by atoms with Crippen LogP contribution in [0.25, 0.3) is 0 Å². The van der Waals surface area contributed by atoms with Gasteiger partial charge in [0.15, 0.2) is 0 Å². The summed E-state index contributed by atoms with van der Waals surface area (Å²) in [7, 11) is 3.04. The standard InChI is InChI=1S/C13H25NO4/c1-11(17-2)8-9-12(15)14-10-6-4-5-7-13(16)18-3/h11H,4-10H2,1-3H3,(H,14,15). The molecule has 0 saturated heterocycles. The lowest BCUT2D eigenvalue weighted by Crippen LogP contribution is -2.25. The van der Waals surface area contributed by atoms with Crippen LogP contribution >= 0.6 is 0 Å². The van der Waals surface area contributed by atoms with Gasteiger partial charge in [-0.2, -0.15) is 0 Å². The summed E-state index contributed by atoms with van der Waals surface area (Å²) in [5, 5.41) is 2.85. The maximum Gasteiger partial charge on any atom is 0.305 e. The molecule has 0 fully saturated rings. The van der Waals surface area contributed by atoms with Crippen molar-refractivity contribution in [2.75, 3.05) is 20.8 Å². The highest BCUT2D eigenvalue weighted by Crippen LogP contribution is 2.01. The predicted molar refractivity (Wildman–Crippen MR) is 69.2 cm³/mol. The van der Waals surface area contributed by atoms with Gasteiger partial charge in [0.05, 0.1) is 13.2 Å². The second-order valence-electron chi connectivity index (χ2n) is 4.32. The molecule has 0 aromatic heterocycles. The Balaban J connectivity index is 3.33. The van der Waals surface area contributed by atoms with Crippen LogP contribution in [-0.2, 0) is 19.1 Å². The van der Waals surface area contributed by atoms with Gasteiger partial charge in [0.25, 0.3) is 0 Å². The number of hydrogen-bond acceptors (Lipinski definition) is 4. The molecule has 0 aromatic rings. The van der Waals surface area contributed by atoms with Gasteiger partial charge in [-0.1, -0.05) is 6.42 Å².